The van der Waals surface area contributed by atoms with Crippen molar-refractivity contribution in [3.8, 4) is 0 Å². The van der Waals surface area contributed by atoms with Crippen molar-refractivity contribution in [3.63, 3.8) is 0 Å². The summed E-state index contributed by atoms with van der Waals surface area (Å²) in [7, 11) is 2.76. The molecule has 1 rings (SSSR count). The number of esters is 1. The number of methoxy groups -OCH3 is 1. The second-order valence-corrected chi connectivity index (χ2v) is 4.68. The minimum Gasteiger partial charge on any atom is -0.480 e. The van der Waals surface area contributed by atoms with Gasteiger partial charge < -0.3 is 24.8 Å². The average molecular weight is 288 g/mol. The summed E-state index contributed by atoms with van der Waals surface area (Å²) in [6.45, 7) is 0.738. The highest BCUT2D eigenvalue weighted by atomic mass is 16.5. The lowest BCUT2D eigenvalue weighted by Gasteiger charge is -2.35. The number of nitrogens with zero attached hydrogens (tertiary/aromatic N) is 1. The number of hydrogen-bond acceptors (Lipinski definition) is 5. The standard InChI is InChI=1S/C12H20N2O6/c1-14(6-3-9(15)19-2)11(18)13-12(10(16)17)4-7-20-8-5-12/h3-8H2,1-2H3,(H,13,18)(H,16,17). The number of nitrogens with one attached hydrogen (secondary N) is 1. The van der Waals surface area contributed by atoms with E-state index in [1.54, 1.807) is 0 Å². The van der Waals surface area contributed by atoms with Crippen LogP contribution in [0.5, 0.6) is 0 Å². The summed E-state index contributed by atoms with van der Waals surface area (Å²) < 4.78 is 9.60. The number of carboxylic acids is 1. The number of urea groups is 1. The SMILES string of the molecule is COC(=O)CCN(C)C(=O)NC1(C(=O)O)CCOCC1. The van der Waals surface area contributed by atoms with Crippen molar-refractivity contribution in [3.05, 3.63) is 0 Å². The molecule has 0 spiro atoms. The number of carboxylic acid groups (broad SMARTS) is 1. The second-order valence-electron chi connectivity index (χ2n) is 4.68. The van der Waals surface area contributed by atoms with Gasteiger partial charge in [-0.2, -0.15) is 0 Å². The van der Waals surface area contributed by atoms with Gasteiger partial charge in [0.05, 0.1) is 13.5 Å². The van der Waals surface area contributed by atoms with Gasteiger partial charge in [0.2, 0.25) is 0 Å². The minimum atomic E-state index is -1.30. The Balaban J connectivity index is 2.57. The molecule has 114 valence electrons. The van der Waals surface area contributed by atoms with Crippen LogP contribution in [0.15, 0.2) is 0 Å². The fourth-order valence-electron chi connectivity index (χ4n) is 1.87. The smallest absolute Gasteiger partial charge is 0.329 e. The molecule has 20 heavy (non-hydrogen) atoms. The van der Waals surface area contributed by atoms with Crippen LogP contribution in [0.4, 0.5) is 4.79 Å². The molecule has 2 N–H and O–H groups in total. The van der Waals surface area contributed by atoms with E-state index in [4.69, 9.17) is 4.74 Å². The van der Waals surface area contributed by atoms with Crippen molar-refractivity contribution in [2.45, 2.75) is 24.8 Å². The van der Waals surface area contributed by atoms with Crippen molar-refractivity contribution in [2.24, 2.45) is 0 Å². The predicted molar refractivity (Wildman–Crippen MR) is 68.2 cm³/mol. The summed E-state index contributed by atoms with van der Waals surface area (Å²) >= 11 is 0. The zero-order chi connectivity index (χ0) is 15.2. The Labute approximate surface area is 117 Å². The van der Waals surface area contributed by atoms with E-state index >= 15 is 0 Å². The van der Waals surface area contributed by atoms with E-state index < -0.39 is 23.5 Å². The average Bonchev–Trinajstić information content (AvgIpc) is 2.44. The van der Waals surface area contributed by atoms with Crippen LogP contribution in [-0.4, -0.2) is 67.4 Å². The number of hydrogen-bond donors (Lipinski definition) is 2. The van der Waals surface area contributed by atoms with Crippen molar-refractivity contribution >= 4 is 18.0 Å². The highest BCUT2D eigenvalue weighted by Gasteiger charge is 2.42. The van der Waals surface area contributed by atoms with Crippen molar-refractivity contribution < 1.29 is 29.0 Å². The largest absolute Gasteiger partial charge is 0.480 e. The van der Waals surface area contributed by atoms with Crippen molar-refractivity contribution in [1.29, 1.82) is 0 Å². The number of carbonyl (C=O) groups is 3. The quantitative estimate of drug-likeness (QED) is 0.680. The van der Waals surface area contributed by atoms with Crippen LogP contribution in [0, 0.1) is 0 Å². The maximum absolute atomic E-state index is 12.0. The Morgan fingerprint density at radius 2 is 1.95 bits per heavy atom. The summed E-state index contributed by atoms with van der Waals surface area (Å²) in [6.07, 6.45) is 0.501. The predicted octanol–water partition coefficient (Wildman–Crippen LogP) is -0.175. The van der Waals surface area contributed by atoms with Crippen LogP contribution < -0.4 is 5.32 Å². The summed E-state index contributed by atoms with van der Waals surface area (Å²) in [4.78, 5) is 35.6. The van der Waals surface area contributed by atoms with Crippen LogP contribution in [0.3, 0.4) is 0 Å². The van der Waals surface area contributed by atoms with E-state index in [9.17, 15) is 19.5 Å². The van der Waals surface area contributed by atoms with Gasteiger partial charge in [-0.25, -0.2) is 9.59 Å². The first-order valence-corrected chi connectivity index (χ1v) is 6.32. The van der Waals surface area contributed by atoms with E-state index in [1.165, 1.54) is 19.1 Å². The molecule has 0 bridgehead atoms. The molecule has 2 amide bonds. The van der Waals surface area contributed by atoms with Crippen molar-refractivity contribution in [1.82, 2.24) is 10.2 Å². The number of amides is 2. The minimum absolute atomic E-state index is 0.0591. The Kier molecular flexibility index (Phi) is 5.75. The lowest BCUT2D eigenvalue weighted by molar-refractivity contribution is -0.148. The van der Waals surface area contributed by atoms with Gasteiger partial charge in [-0.1, -0.05) is 0 Å². The number of ether oxygens (including phenoxy) is 2. The first-order valence-electron chi connectivity index (χ1n) is 6.32. The van der Waals surface area contributed by atoms with E-state index in [0.29, 0.717) is 13.2 Å². The van der Waals surface area contributed by atoms with E-state index in [-0.39, 0.29) is 25.8 Å². The molecule has 1 aliphatic heterocycles. The summed E-state index contributed by atoms with van der Waals surface area (Å²) in [6, 6.07) is -0.529. The molecule has 0 saturated carbocycles. The molecule has 8 heteroatoms. The summed E-state index contributed by atoms with van der Waals surface area (Å²) in [5.74, 6) is -1.50. The molecule has 1 aliphatic rings. The molecular weight excluding hydrogens is 268 g/mol. The molecule has 8 nitrogen and oxygen atoms in total. The third-order valence-electron chi connectivity index (χ3n) is 3.33. The Morgan fingerprint density at radius 1 is 1.35 bits per heavy atom. The molecular formula is C12H20N2O6. The zero-order valence-corrected chi connectivity index (χ0v) is 11.7. The Hall–Kier alpha value is -1.83. The topological polar surface area (TPSA) is 105 Å². The molecule has 0 aromatic rings. The van der Waals surface area contributed by atoms with E-state index in [2.05, 4.69) is 10.1 Å². The first kappa shape index (κ1) is 16.2. The van der Waals surface area contributed by atoms with E-state index in [0.717, 1.165) is 0 Å². The molecule has 1 saturated heterocycles. The number of carbonyl (C=O) groups excluding carboxylic acids is 2. The van der Waals surface area contributed by atoms with Gasteiger partial charge in [0, 0.05) is 39.6 Å². The fourth-order valence-corrected chi connectivity index (χ4v) is 1.87. The lowest BCUT2D eigenvalue weighted by atomic mass is 9.90. The maximum Gasteiger partial charge on any atom is 0.329 e. The first-order chi connectivity index (χ1) is 9.41. The van der Waals surface area contributed by atoms with Gasteiger partial charge in [0.25, 0.3) is 0 Å². The normalized spacial score (nSPS) is 17.1. The fraction of sp³-hybridized carbons (Fsp3) is 0.750. The molecule has 0 aliphatic carbocycles. The summed E-state index contributed by atoms with van der Waals surface area (Å²) in [5.41, 5.74) is -1.30. The highest BCUT2D eigenvalue weighted by molar-refractivity contribution is 5.86. The molecule has 0 atom stereocenters. The lowest BCUT2D eigenvalue weighted by Crippen LogP contribution is -2.59. The molecule has 0 radical (unpaired) electrons. The third-order valence-corrected chi connectivity index (χ3v) is 3.33. The molecule has 1 fully saturated rings. The van der Waals surface area contributed by atoms with Gasteiger partial charge in [-0.05, 0) is 0 Å². The molecule has 0 aromatic heterocycles. The Bertz CT molecular complexity index is 378. The molecule has 1 heterocycles. The van der Waals surface area contributed by atoms with Crippen molar-refractivity contribution in [2.75, 3.05) is 33.9 Å². The van der Waals surface area contributed by atoms with Crippen LogP contribution in [0.1, 0.15) is 19.3 Å². The van der Waals surface area contributed by atoms with E-state index in [1.807, 2.05) is 0 Å². The van der Waals surface area contributed by atoms with Gasteiger partial charge in [0.1, 0.15) is 5.54 Å². The monoisotopic (exact) mass is 288 g/mol. The van der Waals surface area contributed by atoms with Gasteiger partial charge in [0.15, 0.2) is 0 Å². The zero-order valence-electron chi connectivity index (χ0n) is 11.7. The summed E-state index contributed by atoms with van der Waals surface area (Å²) in [5, 5.41) is 11.8. The van der Waals surface area contributed by atoms with Crippen LogP contribution in [-0.2, 0) is 19.1 Å². The highest BCUT2D eigenvalue weighted by Crippen LogP contribution is 2.21. The van der Waals surface area contributed by atoms with Crippen LogP contribution in [0.2, 0.25) is 0 Å². The van der Waals surface area contributed by atoms with Crippen LogP contribution in [0.25, 0.3) is 0 Å². The third kappa shape index (κ3) is 4.09. The number of aliphatic carboxylic acids is 1. The van der Waals surface area contributed by atoms with Gasteiger partial charge in [-0.15, -0.1) is 0 Å². The molecule has 0 aromatic carbocycles. The second kappa shape index (κ2) is 7.09. The van der Waals surface area contributed by atoms with Gasteiger partial charge >= 0.3 is 18.0 Å². The maximum atomic E-state index is 12.0. The van der Waals surface area contributed by atoms with Crippen LogP contribution >= 0.6 is 0 Å². The molecule has 0 unspecified atom stereocenters. The Morgan fingerprint density at radius 3 is 2.45 bits per heavy atom. The number of rotatable bonds is 5. The van der Waals surface area contributed by atoms with Gasteiger partial charge in [-0.3, -0.25) is 4.79 Å².